The summed E-state index contributed by atoms with van der Waals surface area (Å²) in [5, 5.41) is 4.19. The Morgan fingerprint density at radius 3 is 2.35 bits per heavy atom. The van der Waals surface area contributed by atoms with Crippen LogP contribution in [0.3, 0.4) is 0 Å². The highest BCUT2D eigenvalue weighted by Crippen LogP contribution is 2.11. The molecule has 0 aromatic heterocycles. The zero-order valence-corrected chi connectivity index (χ0v) is 11.3. The van der Waals surface area contributed by atoms with E-state index in [1.165, 1.54) is 7.05 Å². The molecule has 0 unspecified atom stereocenters. The molecule has 7 nitrogen and oxygen atoms in total. The van der Waals surface area contributed by atoms with Gasteiger partial charge in [0.2, 0.25) is 0 Å². The van der Waals surface area contributed by atoms with Crippen LogP contribution in [0.4, 0.5) is 4.79 Å². The van der Waals surface area contributed by atoms with Gasteiger partial charge in [0, 0.05) is 7.05 Å². The molecular formula is C13H16N2O5. The average molecular weight is 280 g/mol. The molecule has 0 saturated heterocycles. The van der Waals surface area contributed by atoms with Crippen molar-refractivity contribution in [1.82, 2.24) is 10.6 Å². The molecule has 0 aliphatic carbocycles. The van der Waals surface area contributed by atoms with Gasteiger partial charge >= 0.3 is 12.0 Å². The number of rotatable bonds is 5. The number of esters is 1. The van der Waals surface area contributed by atoms with Gasteiger partial charge in [-0.3, -0.25) is 14.9 Å². The third-order valence-corrected chi connectivity index (χ3v) is 2.35. The third kappa shape index (κ3) is 5.38. The minimum atomic E-state index is -0.688. The van der Waals surface area contributed by atoms with Crippen molar-refractivity contribution in [2.24, 2.45) is 0 Å². The molecule has 1 aromatic rings. The Hall–Kier alpha value is -2.57. The van der Waals surface area contributed by atoms with Gasteiger partial charge in [-0.1, -0.05) is 12.1 Å². The van der Waals surface area contributed by atoms with E-state index in [9.17, 15) is 14.4 Å². The number of methoxy groups -OCH3 is 1. The van der Waals surface area contributed by atoms with Gasteiger partial charge in [0.15, 0.2) is 6.61 Å². The smallest absolute Gasteiger partial charge is 0.321 e. The number of hydrogen-bond acceptors (Lipinski definition) is 5. The molecule has 1 aromatic carbocycles. The Morgan fingerprint density at radius 2 is 1.80 bits per heavy atom. The van der Waals surface area contributed by atoms with Crippen molar-refractivity contribution >= 4 is 17.9 Å². The van der Waals surface area contributed by atoms with Crippen molar-refractivity contribution in [1.29, 1.82) is 0 Å². The molecule has 0 aliphatic rings. The highest BCUT2D eigenvalue weighted by Gasteiger charge is 2.10. The van der Waals surface area contributed by atoms with Crippen molar-refractivity contribution in [3.05, 3.63) is 29.8 Å². The van der Waals surface area contributed by atoms with Crippen LogP contribution in [0, 0.1) is 0 Å². The summed E-state index contributed by atoms with van der Waals surface area (Å²) in [7, 11) is 2.92. The lowest BCUT2D eigenvalue weighted by molar-refractivity contribution is -0.147. The number of urea groups is 1. The van der Waals surface area contributed by atoms with E-state index in [4.69, 9.17) is 9.47 Å². The molecule has 108 valence electrons. The highest BCUT2D eigenvalue weighted by molar-refractivity contribution is 5.95. The fourth-order valence-electron chi connectivity index (χ4n) is 1.33. The van der Waals surface area contributed by atoms with Crippen LogP contribution >= 0.6 is 0 Å². The maximum atomic E-state index is 11.5. The SMILES string of the molecule is CNC(=O)NC(=O)COC(=O)Cc1ccc(OC)cc1. The van der Waals surface area contributed by atoms with Gasteiger partial charge in [0.1, 0.15) is 5.75 Å². The molecule has 0 atom stereocenters. The van der Waals surface area contributed by atoms with Crippen molar-refractivity contribution in [3.63, 3.8) is 0 Å². The first-order valence-electron chi connectivity index (χ1n) is 5.85. The summed E-state index contributed by atoms with van der Waals surface area (Å²) < 4.78 is 9.74. The molecule has 0 fully saturated rings. The van der Waals surface area contributed by atoms with E-state index >= 15 is 0 Å². The van der Waals surface area contributed by atoms with Crippen LogP contribution in [0.2, 0.25) is 0 Å². The second-order valence-corrected chi connectivity index (χ2v) is 3.81. The van der Waals surface area contributed by atoms with Crippen LogP contribution in [-0.2, 0) is 20.7 Å². The summed E-state index contributed by atoms with van der Waals surface area (Å²) in [6.45, 7) is -0.498. The topological polar surface area (TPSA) is 93.7 Å². The largest absolute Gasteiger partial charge is 0.497 e. The molecule has 0 spiro atoms. The number of amides is 3. The maximum Gasteiger partial charge on any atom is 0.321 e. The fraction of sp³-hybridized carbons (Fsp3) is 0.308. The van der Waals surface area contributed by atoms with Crippen molar-refractivity contribution in [2.45, 2.75) is 6.42 Å². The minimum absolute atomic E-state index is 0.0389. The predicted octanol–water partition coefficient (Wildman–Crippen LogP) is 0.237. The average Bonchev–Trinajstić information content (AvgIpc) is 2.45. The zero-order chi connectivity index (χ0) is 15.0. The Labute approximate surface area is 116 Å². The van der Waals surface area contributed by atoms with E-state index in [1.807, 2.05) is 5.32 Å². The van der Waals surface area contributed by atoms with E-state index in [1.54, 1.807) is 31.4 Å². The van der Waals surface area contributed by atoms with Gasteiger partial charge in [-0.15, -0.1) is 0 Å². The second-order valence-electron chi connectivity index (χ2n) is 3.81. The van der Waals surface area contributed by atoms with Crippen LogP contribution < -0.4 is 15.4 Å². The minimum Gasteiger partial charge on any atom is -0.497 e. The second kappa shape index (κ2) is 7.78. The van der Waals surface area contributed by atoms with Gasteiger partial charge < -0.3 is 14.8 Å². The lowest BCUT2D eigenvalue weighted by Crippen LogP contribution is -2.39. The van der Waals surface area contributed by atoms with Gasteiger partial charge in [0.25, 0.3) is 5.91 Å². The molecular weight excluding hydrogens is 264 g/mol. The van der Waals surface area contributed by atoms with E-state index in [0.29, 0.717) is 5.75 Å². The Bertz CT molecular complexity index is 484. The predicted molar refractivity (Wildman–Crippen MR) is 70.3 cm³/mol. The number of imide groups is 1. The molecule has 7 heteroatoms. The molecule has 1 rings (SSSR count). The molecule has 3 amide bonds. The molecule has 0 bridgehead atoms. The Morgan fingerprint density at radius 1 is 1.15 bits per heavy atom. The van der Waals surface area contributed by atoms with E-state index in [2.05, 4.69) is 5.32 Å². The summed E-state index contributed by atoms with van der Waals surface area (Å²) in [5.74, 6) is -0.554. The number of hydrogen-bond donors (Lipinski definition) is 2. The van der Waals surface area contributed by atoms with Crippen LogP contribution in [0.25, 0.3) is 0 Å². The molecule has 0 aliphatic heterocycles. The van der Waals surface area contributed by atoms with Gasteiger partial charge in [-0.05, 0) is 17.7 Å². The zero-order valence-electron chi connectivity index (χ0n) is 11.3. The first-order chi connectivity index (χ1) is 9.55. The van der Waals surface area contributed by atoms with Crippen LogP contribution in [0.5, 0.6) is 5.75 Å². The fourth-order valence-corrected chi connectivity index (χ4v) is 1.33. The van der Waals surface area contributed by atoms with E-state index in [0.717, 1.165) is 5.56 Å². The summed E-state index contributed by atoms with van der Waals surface area (Å²) >= 11 is 0. The van der Waals surface area contributed by atoms with E-state index < -0.39 is 24.5 Å². The number of ether oxygens (including phenoxy) is 2. The monoisotopic (exact) mass is 280 g/mol. The number of carbonyl (C=O) groups excluding carboxylic acids is 3. The van der Waals surface area contributed by atoms with Crippen molar-refractivity contribution in [3.8, 4) is 5.75 Å². The van der Waals surface area contributed by atoms with Gasteiger partial charge in [-0.2, -0.15) is 0 Å². The summed E-state index contributed by atoms with van der Waals surface area (Å²) in [4.78, 5) is 33.5. The number of carbonyl (C=O) groups is 3. The normalized spacial score (nSPS) is 9.50. The van der Waals surface area contributed by atoms with Crippen molar-refractivity contribution in [2.75, 3.05) is 20.8 Å². The summed E-state index contributed by atoms with van der Waals surface area (Å²) in [6, 6.07) is 6.25. The molecule has 2 N–H and O–H groups in total. The van der Waals surface area contributed by atoms with Crippen LogP contribution in [0.1, 0.15) is 5.56 Å². The molecule has 0 heterocycles. The lowest BCUT2D eigenvalue weighted by atomic mass is 10.1. The van der Waals surface area contributed by atoms with Crippen LogP contribution in [-0.4, -0.2) is 38.7 Å². The third-order valence-electron chi connectivity index (χ3n) is 2.35. The number of benzene rings is 1. The summed E-state index contributed by atoms with van der Waals surface area (Å²) in [5.41, 5.74) is 0.738. The molecule has 0 saturated carbocycles. The Kier molecular flexibility index (Phi) is 6.02. The highest BCUT2D eigenvalue weighted by atomic mass is 16.5. The van der Waals surface area contributed by atoms with Gasteiger partial charge in [-0.25, -0.2) is 4.79 Å². The van der Waals surface area contributed by atoms with E-state index in [-0.39, 0.29) is 6.42 Å². The van der Waals surface area contributed by atoms with Crippen molar-refractivity contribution < 1.29 is 23.9 Å². The van der Waals surface area contributed by atoms with Gasteiger partial charge in [0.05, 0.1) is 13.5 Å². The maximum absolute atomic E-state index is 11.5. The number of nitrogens with one attached hydrogen (secondary N) is 2. The standard InChI is InChI=1S/C13H16N2O5/c1-14-13(18)15-11(16)8-20-12(17)7-9-3-5-10(19-2)6-4-9/h3-6H,7-8H2,1-2H3,(H2,14,15,16,18). The summed E-state index contributed by atoms with van der Waals surface area (Å²) in [6.07, 6.45) is 0.0389. The molecule has 20 heavy (non-hydrogen) atoms. The first-order valence-corrected chi connectivity index (χ1v) is 5.85. The lowest BCUT2D eigenvalue weighted by Gasteiger charge is -2.06. The van der Waals surface area contributed by atoms with Crippen LogP contribution in [0.15, 0.2) is 24.3 Å². The first kappa shape index (κ1) is 15.5. The molecule has 0 radical (unpaired) electrons. The Balaban J connectivity index is 2.36. The quantitative estimate of drug-likeness (QED) is 0.753.